The summed E-state index contributed by atoms with van der Waals surface area (Å²) in [5.41, 5.74) is 5.06. The van der Waals surface area contributed by atoms with Crippen LogP contribution in [0.5, 0.6) is 0 Å². The zero-order valence-corrected chi connectivity index (χ0v) is 9.09. The summed E-state index contributed by atoms with van der Waals surface area (Å²) in [7, 11) is -3.84. The lowest BCUT2D eigenvalue weighted by Gasteiger charge is -2.11. The van der Waals surface area contributed by atoms with E-state index in [4.69, 9.17) is 10.9 Å². The van der Waals surface area contributed by atoms with Gasteiger partial charge in [0.2, 0.25) is 10.0 Å². The van der Waals surface area contributed by atoms with Gasteiger partial charge in [-0.2, -0.15) is 0 Å². The first kappa shape index (κ1) is 10.8. The smallest absolute Gasteiger partial charge is 0.228 e. The molecule has 2 aliphatic rings. The molecule has 0 aromatic heterocycles. The van der Waals surface area contributed by atoms with Gasteiger partial charge >= 0.3 is 0 Å². The molecule has 0 aromatic rings. The molecule has 0 aromatic carbocycles. The monoisotopic (exact) mass is 230 g/mol. The Morgan fingerprint density at radius 2 is 2.00 bits per heavy atom. The van der Waals surface area contributed by atoms with E-state index in [9.17, 15) is 13.2 Å². The molecular weight excluding hydrogens is 216 g/mol. The fourth-order valence-corrected chi connectivity index (χ4v) is 2.82. The van der Waals surface area contributed by atoms with Crippen molar-refractivity contribution >= 4 is 15.8 Å². The first-order valence-electron chi connectivity index (χ1n) is 4.76. The first-order valence-corrected chi connectivity index (χ1v) is 6.31. The van der Waals surface area contributed by atoms with E-state index in [1.807, 2.05) is 0 Å². The number of hydrogen-bond donors (Lipinski definition) is 2. The van der Waals surface area contributed by atoms with Gasteiger partial charge in [0.05, 0.1) is 5.92 Å². The molecule has 0 bridgehead atoms. The zero-order chi connectivity index (χ0) is 11.5. The van der Waals surface area contributed by atoms with Gasteiger partial charge in [-0.1, -0.05) is 6.08 Å². The number of hydrogen-bond acceptors (Lipinski definition) is 4. The zero-order valence-electron chi connectivity index (χ0n) is 8.27. The highest BCUT2D eigenvalue weighted by Crippen LogP contribution is 2.56. The van der Waals surface area contributed by atoms with Crippen molar-refractivity contribution in [2.45, 2.75) is 24.1 Å². The molecule has 0 saturated heterocycles. The van der Waals surface area contributed by atoms with Crippen LogP contribution in [0, 0.1) is 11.3 Å². The lowest BCUT2D eigenvalue weighted by atomic mass is 9.97. The lowest BCUT2D eigenvalue weighted by molar-refractivity contribution is -0.124. The summed E-state index contributed by atoms with van der Waals surface area (Å²) in [4.78, 5) is 10.4. The van der Waals surface area contributed by atoms with Gasteiger partial charge in [-0.25, -0.2) is 13.6 Å². The number of Topliss-reactive ketones (excluding diaryl/α,β-unsaturated/α-hetero) is 1. The summed E-state index contributed by atoms with van der Waals surface area (Å²) in [5.74, 6) is -0.762. The molecule has 2 atom stereocenters. The molecule has 0 unspecified atom stereocenters. The standard InChI is InChI=1S/C9H14N2O3S/c1-2-8(3-4-8)7(12)6-5-9(6,10)15(11,13)14/h2,6H,1,3-5,10H2,(H2,11,13,14)/t6-,9-/m1/s1. The highest BCUT2D eigenvalue weighted by Gasteiger charge is 2.67. The number of allylic oxidation sites excluding steroid dienone is 1. The maximum Gasteiger partial charge on any atom is 0.228 e. The third-order valence-corrected chi connectivity index (χ3v) is 4.98. The number of primary sulfonamides is 1. The van der Waals surface area contributed by atoms with Gasteiger partial charge in [-0.05, 0) is 19.3 Å². The van der Waals surface area contributed by atoms with Gasteiger partial charge < -0.3 is 5.73 Å². The first-order chi connectivity index (χ1) is 6.77. The van der Waals surface area contributed by atoms with E-state index in [1.165, 1.54) is 0 Å². The summed E-state index contributed by atoms with van der Waals surface area (Å²) >= 11 is 0. The van der Waals surface area contributed by atoms with Crippen LogP contribution < -0.4 is 10.9 Å². The minimum atomic E-state index is -3.84. The average Bonchev–Trinajstić information content (AvgIpc) is 2.97. The number of nitrogens with two attached hydrogens (primary N) is 2. The largest absolute Gasteiger partial charge is 0.311 e. The third-order valence-electron chi connectivity index (χ3n) is 3.47. The molecule has 5 nitrogen and oxygen atoms in total. The average molecular weight is 230 g/mol. The number of carbonyl (C=O) groups excluding carboxylic acids is 1. The van der Waals surface area contributed by atoms with Gasteiger partial charge in [0.15, 0.2) is 0 Å². The van der Waals surface area contributed by atoms with Crippen molar-refractivity contribution in [1.29, 1.82) is 0 Å². The molecule has 0 radical (unpaired) electrons. The quantitative estimate of drug-likeness (QED) is 0.634. The summed E-state index contributed by atoms with van der Waals surface area (Å²) in [6.07, 6.45) is 3.22. The Labute approximate surface area is 88.6 Å². The molecular formula is C9H14N2O3S. The number of sulfonamides is 1. The second-order valence-electron chi connectivity index (χ2n) is 4.48. The van der Waals surface area contributed by atoms with Crippen LogP contribution in [0.2, 0.25) is 0 Å². The Balaban J connectivity index is 2.19. The van der Waals surface area contributed by atoms with E-state index < -0.39 is 26.2 Å². The second kappa shape index (κ2) is 2.69. The van der Waals surface area contributed by atoms with Crippen molar-refractivity contribution in [3.05, 3.63) is 12.7 Å². The Kier molecular flexibility index (Phi) is 1.94. The minimum absolute atomic E-state index is 0.117. The fraction of sp³-hybridized carbons (Fsp3) is 0.667. The van der Waals surface area contributed by atoms with Crippen LogP contribution in [0.15, 0.2) is 12.7 Å². The number of rotatable bonds is 4. The molecule has 4 N–H and O–H groups in total. The van der Waals surface area contributed by atoms with Crippen LogP contribution >= 0.6 is 0 Å². The van der Waals surface area contributed by atoms with Gasteiger partial charge in [-0.15, -0.1) is 6.58 Å². The molecule has 84 valence electrons. The van der Waals surface area contributed by atoms with Gasteiger partial charge in [-0.3, -0.25) is 4.79 Å². The van der Waals surface area contributed by atoms with Gasteiger partial charge in [0.1, 0.15) is 10.7 Å². The molecule has 0 spiro atoms. The molecule has 15 heavy (non-hydrogen) atoms. The molecule has 2 aliphatic carbocycles. The van der Waals surface area contributed by atoms with Crippen molar-refractivity contribution in [3.8, 4) is 0 Å². The van der Waals surface area contributed by atoms with E-state index in [0.29, 0.717) is 0 Å². The Hall–Kier alpha value is -0.720. The van der Waals surface area contributed by atoms with Crippen LogP contribution in [0.4, 0.5) is 0 Å². The highest BCUT2D eigenvalue weighted by molar-refractivity contribution is 7.90. The fourth-order valence-electron chi connectivity index (χ4n) is 1.92. The van der Waals surface area contributed by atoms with Crippen molar-refractivity contribution in [3.63, 3.8) is 0 Å². The second-order valence-corrected chi connectivity index (χ2v) is 6.33. The topological polar surface area (TPSA) is 103 Å². The number of carbonyl (C=O) groups is 1. The van der Waals surface area contributed by atoms with Crippen molar-refractivity contribution < 1.29 is 13.2 Å². The van der Waals surface area contributed by atoms with Crippen LogP contribution in [0.3, 0.4) is 0 Å². The maximum absolute atomic E-state index is 11.9. The molecule has 2 rings (SSSR count). The highest BCUT2D eigenvalue weighted by atomic mass is 32.2. The van der Waals surface area contributed by atoms with Gasteiger partial charge in [0.25, 0.3) is 0 Å². The van der Waals surface area contributed by atoms with Crippen LogP contribution in [0.25, 0.3) is 0 Å². The van der Waals surface area contributed by atoms with E-state index >= 15 is 0 Å². The molecule has 0 heterocycles. The summed E-state index contributed by atoms with van der Waals surface area (Å²) in [6.45, 7) is 3.59. The van der Waals surface area contributed by atoms with Crippen LogP contribution in [-0.2, 0) is 14.8 Å². The third kappa shape index (κ3) is 1.36. The van der Waals surface area contributed by atoms with E-state index in [2.05, 4.69) is 6.58 Å². The summed E-state index contributed by atoms with van der Waals surface area (Å²) < 4.78 is 22.3. The predicted molar refractivity (Wildman–Crippen MR) is 55.0 cm³/mol. The lowest BCUT2D eigenvalue weighted by Crippen LogP contribution is -2.42. The van der Waals surface area contributed by atoms with Gasteiger partial charge in [0, 0.05) is 5.41 Å². The normalized spacial score (nSPS) is 37.1. The Morgan fingerprint density at radius 3 is 2.27 bits per heavy atom. The summed E-state index contributed by atoms with van der Waals surface area (Å²) in [5, 5.41) is 4.98. The van der Waals surface area contributed by atoms with E-state index in [-0.39, 0.29) is 12.2 Å². The Morgan fingerprint density at radius 1 is 1.47 bits per heavy atom. The maximum atomic E-state index is 11.9. The van der Waals surface area contributed by atoms with Crippen molar-refractivity contribution in [2.75, 3.05) is 0 Å². The van der Waals surface area contributed by atoms with Crippen LogP contribution in [-0.4, -0.2) is 19.1 Å². The predicted octanol–water partition coefficient (Wildman–Crippen LogP) is -0.515. The summed E-state index contributed by atoms with van der Waals surface area (Å²) in [6, 6.07) is 0. The van der Waals surface area contributed by atoms with Crippen LogP contribution in [0.1, 0.15) is 19.3 Å². The molecule has 0 amide bonds. The molecule has 6 heteroatoms. The molecule has 2 saturated carbocycles. The van der Waals surface area contributed by atoms with E-state index in [1.54, 1.807) is 6.08 Å². The Bertz CT molecular complexity index is 438. The number of ketones is 1. The molecule has 2 fully saturated rings. The van der Waals surface area contributed by atoms with Crippen molar-refractivity contribution in [2.24, 2.45) is 22.2 Å². The van der Waals surface area contributed by atoms with E-state index in [0.717, 1.165) is 12.8 Å². The van der Waals surface area contributed by atoms with Crippen molar-refractivity contribution in [1.82, 2.24) is 0 Å². The minimum Gasteiger partial charge on any atom is -0.311 e. The SMILES string of the molecule is C=CC1(C(=O)[C@H]2C[C@@]2(N)S(N)(=O)=O)CC1. The molecule has 0 aliphatic heterocycles.